The van der Waals surface area contributed by atoms with Crippen LogP contribution in [0, 0.1) is 0 Å². The van der Waals surface area contributed by atoms with Gasteiger partial charge in [0, 0.05) is 7.11 Å². The van der Waals surface area contributed by atoms with Crippen LogP contribution in [0.25, 0.3) is 0 Å². The summed E-state index contributed by atoms with van der Waals surface area (Å²) >= 11 is 0. The molecule has 0 fully saturated rings. The minimum atomic E-state index is -0.311. The van der Waals surface area contributed by atoms with E-state index in [1.807, 2.05) is 0 Å². The first-order chi connectivity index (χ1) is 9.20. The summed E-state index contributed by atoms with van der Waals surface area (Å²) in [5.41, 5.74) is 0. The van der Waals surface area contributed by atoms with Crippen LogP contribution in [-0.4, -0.2) is 36.1 Å². The Balaban J connectivity index is 3.20. The van der Waals surface area contributed by atoms with Gasteiger partial charge < -0.3 is 14.9 Å². The summed E-state index contributed by atoms with van der Waals surface area (Å²) in [6.07, 6.45) is 11.7. The Morgan fingerprint density at radius 1 is 0.737 bits per heavy atom. The lowest BCUT2D eigenvalue weighted by molar-refractivity contribution is 0.0575. The number of hydrogen-bond acceptors (Lipinski definition) is 3. The number of ether oxygens (including phenoxy) is 1. The number of unbranched alkanes of at least 4 members (excludes halogenated alkanes) is 6. The van der Waals surface area contributed by atoms with Gasteiger partial charge in [-0.1, -0.05) is 58.3 Å². The highest BCUT2D eigenvalue weighted by Gasteiger charge is 2.05. The summed E-state index contributed by atoms with van der Waals surface area (Å²) in [4.78, 5) is 0. The number of aliphatic hydroxyl groups is 2. The van der Waals surface area contributed by atoms with Gasteiger partial charge >= 0.3 is 0 Å². The van der Waals surface area contributed by atoms with Gasteiger partial charge in [0.2, 0.25) is 0 Å². The predicted octanol–water partition coefficient (Wildman–Crippen LogP) is 3.67. The Labute approximate surface area is 119 Å². The number of aliphatic hydroxyl groups excluding tert-OH is 2. The van der Waals surface area contributed by atoms with Gasteiger partial charge in [0.15, 0.2) is 0 Å². The topological polar surface area (TPSA) is 49.7 Å². The van der Waals surface area contributed by atoms with Crippen LogP contribution in [0.2, 0.25) is 0 Å². The Morgan fingerprint density at radius 3 is 1.68 bits per heavy atom. The van der Waals surface area contributed by atoms with Crippen LogP contribution in [0.1, 0.15) is 77.6 Å². The van der Waals surface area contributed by atoms with Crippen molar-refractivity contribution in [2.75, 3.05) is 13.7 Å². The molecule has 0 spiro atoms. The summed E-state index contributed by atoms with van der Waals surface area (Å²) in [6.45, 7) is 2.65. The minimum Gasteiger partial charge on any atom is -0.393 e. The molecule has 0 aromatic rings. The highest BCUT2D eigenvalue weighted by Crippen LogP contribution is 2.13. The summed E-state index contributed by atoms with van der Waals surface area (Å²) in [6, 6.07) is 0. The second-order valence-electron chi connectivity index (χ2n) is 5.60. The van der Waals surface area contributed by atoms with Crippen molar-refractivity contribution < 1.29 is 14.9 Å². The monoisotopic (exact) mass is 274 g/mol. The van der Waals surface area contributed by atoms with E-state index in [0.29, 0.717) is 6.61 Å². The summed E-state index contributed by atoms with van der Waals surface area (Å²) < 4.78 is 4.89. The molecule has 2 atom stereocenters. The van der Waals surface area contributed by atoms with E-state index in [4.69, 9.17) is 4.74 Å². The number of rotatable bonds is 14. The lowest BCUT2D eigenvalue weighted by Crippen LogP contribution is -2.13. The van der Waals surface area contributed by atoms with Crippen molar-refractivity contribution >= 4 is 0 Å². The van der Waals surface area contributed by atoms with Crippen LogP contribution in [0.15, 0.2) is 0 Å². The molecule has 0 aromatic carbocycles. The van der Waals surface area contributed by atoms with Crippen molar-refractivity contribution in [3.8, 4) is 0 Å². The van der Waals surface area contributed by atoms with E-state index < -0.39 is 0 Å². The lowest BCUT2D eigenvalue weighted by atomic mass is 10.0. The molecule has 19 heavy (non-hydrogen) atoms. The van der Waals surface area contributed by atoms with Gasteiger partial charge in [-0.15, -0.1) is 0 Å². The maximum atomic E-state index is 9.81. The van der Waals surface area contributed by atoms with E-state index in [2.05, 4.69) is 6.92 Å². The smallest absolute Gasteiger partial charge is 0.0773 e. The third kappa shape index (κ3) is 14.1. The van der Waals surface area contributed by atoms with Crippen LogP contribution in [-0.2, 0) is 4.74 Å². The first-order valence-electron chi connectivity index (χ1n) is 8.05. The molecule has 3 nitrogen and oxygen atoms in total. The molecule has 0 rings (SSSR count). The van der Waals surface area contributed by atoms with E-state index in [-0.39, 0.29) is 12.2 Å². The van der Waals surface area contributed by atoms with Crippen molar-refractivity contribution in [1.82, 2.24) is 0 Å². The molecule has 0 unspecified atom stereocenters. The highest BCUT2D eigenvalue weighted by atomic mass is 16.5. The maximum absolute atomic E-state index is 9.81. The van der Waals surface area contributed by atoms with Gasteiger partial charge in [-0.2, -0.15) is 0 Å². The zero-order chi connectivity index (χ0) is 14.3. The SMILES string of the molecule is CCCCCC[C@@H](O)CCCCCC[C@@H](O)COC. The molecule has 116 valence electrons. The Kier molecular flexibility index (Phi) is 14.2. The molecule has 0 aliphatic heterocycles. The Bertz CT molecular complexity index is 173. The minimum absolute atomic E-state index is 0.101. The van der Waals surface area contributed by atoms with Crippen LogP contribution >= 0.6 is 0 Å². The first kappa shape index (κ1) is 18.9. The molecule has 0 heterocycles. The molecule has 0 aromatic heterocycles. The fraction of sp³-hybridized carbons (Fsp3) is 1.00. The molecule has 2 N–H and O–H groups in total. The Hall–Kier alpha value is -0.120. The number of methoxy groups -OCH3 is 1. The van der Waals surface area contributed by atoms with Crippen LogP contribution in [0.5, 0.6) is 0 Å². The van der Waals surface area contributed by atoms with Crippen LogP contribution in [0.3, 0.4) is 0 Å². The van der Waals surface area contributed by atoms with Crippen molar-refractivity contribution in [3.63, 3.8) is 0 Å². The normalized spacial score (nSPS) is 14.5. The highest BCUT2D eigenvalue weighted by molar-refractivity contribution is 4.58. The zero-order valence-electron chi connectivity index (χ0n) is 12.9. The van der Waals surface area contributed by atoms with Crippen molar-refractivity contribution in [3.05, 3.63) is 0 Å². The third-order valence-corrected chi connectivity index (χ3v) is 3.57. The molecule has 0 aliphatic rings. The quantitative estimate of drug-likeness (QED) is 0.475. The first-order valence-corrected chi connectivity index (χ1v) is 8.05. The molecule has 0 saturated carbocycles. The molecular formula is C16H34O3. The lowest BCUT2D eigenvalue weighted by Gasteiger charge is -2.11. The van der Waals surface area contributed by atoms with Crippen molar-refractivity contribution in [2.45, 2.75) is 89.8 Å². The van der Waals surface area contributed by atoms with Gasteiger partial charge in [-0.25, -0.2) is 0 Å². The summed E-state index contributed by atoms with van der Waals surface area (Å²) in [5.74, 6) is 0. The van der Waals surface area contributed by atoms with Crippen LogP contribution in [0.4, 0.5) is 0 Å². The second-order valence-corrected chi connectivity index (χ2v) is 5.60. The van der Waals surface area contributed by atoms with E-state index in [1.54, 1.807) is 7.11 Å². The van der Waals surface area contributed by atoms with E-state index in [1.165, 1.54) is 19.3 Å². The molecular weight excluding hydrogens is 240 g/mol. The molecule has 0 radical (unpaired) electrons. The van der Waals surface area contributed by atoms with E-state index in [9.17, 15) is 10.2 Å². The molecule has 0 amide bonds. The molecule has 0 aliphatic carbocycles. The fourth-order valence-corrected chi connectivity index (χ4v) is 2.34. The fourth-order valence-electron chi connectivity index (χ4n) is 2.34. The van der Waals surface area contributed by atoms with Crippen molar-refractivity contribution in [2.24, 2.45) is 0 Å². The Morgan fingerprint density at radius 2 is 1.21 bits per heavy atom. The van der Waals surface area contributed by atoms with E-state index >= 15 is 0 Å². The third-order valence-electron chi connectivity index (χ3n) is 3.57. The number of hydrogen-bond donors (Lipinski definition) is 2. The van der Waals surface area contributed by atoms with Crippen molar-refractivity contribution in [1.29, 1.82) is 0 Å². The van der Waals surface area contributed by atoms with Gasteiger partial charge in [0.05, 0.1) is 18.8 Å². The second kappa shape index (κ2) is 14.3. The van der Waals surface area contributed by atoms with Gasteiger partial charge in [-0.05, 0) is 19.3 Å². The standard InChI is InChI=1S/C16H34O3/c1-3-4-5-8-11-15(17)12-9-6-7-10-13-16(18)14-19-2/h15-18H,3-14H2,1-2H3/t15-,16-/m1/s1. The van der Waals surface area contributed by atoms with Crippen LogP contribution < -0.4 is 0 Å². The van der Waals surface area contributed by atoms with E-state index in [0.717, 1.165) is 51.4 Å². The summed E-state index contributed by atoms with van der Waals surface area (Å²) in [5, 5.41) is 19.3. The molecule has 0 saturated heterocycles. The average molecular weight is 274 g/mol. The largest absolute Gasteiger partial charge is 0.393 e. The molecule has 0 bridgehead atoms. The summed E-state index contributed by atoms with van der Waals surface area (Å²) in [7, 11) is 1.62. The van der Waals surface area contributed by atoms with Gasteiger partial charge in [-0.3, -0.25) is 0 Å². The average Bonchev–Trinajstić information content (AvgIpc) is 2.39. The zero-order valence-corrected chi connectivity index (χ0v) is 12.9. The maximum Gasteiger partial charge on any atom is 0.0773 e. The molecule has 3 heteroatoms. The predicted molar refractivity (Wildman–Crippen MR) is 80.4 cm³/mol. The van der Waals surface area contributed by atoms with Gasteiger partial charge in [0.1, 0.15) is 0 Å². The van der Waals surface area contributed by atoms with Gasteiger partial charge in [0.25, 0.3) is 0 Å².